The summed E-state index contributed by atoms with van der Waals surface area (Å²) in [5.74, 6) is 0.305. The molecule has 4 N–H and O–H groups in total. The van der Waals surface area contributed by atoms with Crippen molar-refractivity contribution in [3.63, 3.8) is 0 Å². The summed E-state index contributed by atoms with van der Waals surface area (Å²) in [5, 5.41) is 16.9. The van der Waals surface area contributed by atoms with Crippen LogP contribution in [0.25, 0.3) is 0 Å². The van der Waals surface area contributed by atoms with Crippen LogP contribution in [0.3, 0.4) is 0 Å². The van der Waals surface area contributed by atoms with E-state index in [-0.39, 0.29) is 35.4 Å². The third-order valence-corrected chi connectivity index (χ3v) is 4.24. The summed E-state index contributed by atoms with van der Waals surface area (Å²) in [7, 11) is 0. The van der Waals surface area contributed by atoms with Crippen LogP contribution >= 0.6 is 0 Å². The van der Waals surface area contributed by atoms with E-state index in [1.54, 1.807) is 30.3 Å². The number of hydrogen-bond donors (Lipinski definition) is 3. The Hall–Kier alpha value is -3.82. The van der Waals surface area contributed by atoms with Gasteiger partial charge in [0.15, 0.2) is 0 Å². The van der Waals surface area contributed by atoms with E-state index in [4.69, 9.17) is 5.73 Å². The van der Waals surface area contributed by atoms with E-state index < -0.39 is 4.92 Å². The molecule has 150 valence electrons. The maximum atomic E-state index is 13.7. The zero-order valence-corrected chi connectivity index (χ0v) is 15.7. The Morgan fingerprint density at radius 2 is 1.79 bits per heavy atom. The lowest BCUT2D eigenvalue weighted by Crippen LogP contribution is -2.15. The number of nitro benzene ring substituents is 1. The van der Waals surface area contributed by atoms with Crippen molar-refractivity contribution in [3.05, 3.63) is 75.6 Å². The van der Waals surface area contributed by atoms with Crippen LogP contribution in [-0.2, 0) is 6.42 Å². The van der Waals surface area contributed by atoms with Crippen LogP contribution in [0.2, 0.25) is 0 Å². The molecule has 3 aromatic rings. The number of nitrogens with one attached hydrogen (secondary N) is 2. The van der Waals surface area contributed by atoms with Gasteiger partial charge in [-0.1, -0.05) is 30.3 Å². The molecule has 0 aliphatic rings. The molecule has 0 spiro atoms. The molecule has 0 saturated heterocycles. The van der Waals surface area contributed by atoms with Gasteiger partial charge in [-0.05, 0) is 30.5 Å². The second-order valence-electron chi connectivity index (χ2n) is 6.32. The average Bonchev–Trinajstić information content (AvgIpc) is 2.69. The first-order valence-corrected chi connectivity index (χ1v) is 8.92. The number of hydrogen-bond acceptors (Lipinski definition) is 8. The topological polar surface area (TPSA) is 132 Å². The summed E-state index contributed by atoms with van der Waals surface area (Å²) in [6.07, 6.45) is 0.459. The summed E-state index contributed by atoms with van der Waals surface area (Å²) < 4.78 is 13.7. The monoisotopic (exact) mass is 397 g/mol. The maximum absolute atomic E-state index is 13.7. The fraction of sp³-hybridized carbons (Fsp3) is 0.211. The molecule has 1 aromatic heterocycles. The molecule has 0 radical (unpaired) electrons. The zero-order valence-electron chi connectivity index (χ0n) is 15.7. The zero-order chi connectivity index (χ0) is 20.8. The number of nitrogens with two attached hydrogens (primary N) is 1. The van der Waals surface area contributed by atoms with Gasteiger partial charge in [-0.15, -0.1) is 0 Å². The average molecular weight is 397 g/mol. The smallest absolute Gasteiger partial charge is 0.269 e. The van der Waals surface area contributed by atoms with E-state index in [2.05, 4.69) is 25.6 Å². The van der Waals surface area contributed by atoms with Crippen LogP contribution in [0.4, 0.5) is 27.9 Å². The fourth-order valence-corrected chi connectivity index (χ4v) is 2.71. The van der Waals surface area contributed by atoms with Crippen molar-refractivity contribution in [3.8, 4) is 0 Å². The SMILES string of the molecule is C[C@H](Nc1nc(N)nc(NCCc2ccccc2F)n1)c1ccc([N+](=O)[O-])cc1. The Morgan fingerprint density at radius 1 is 1.10 bits per heavy atom. The van der Waals surface area contributed by atoms with Crippen molar-refractivity contribution in [2.75, 3.05) is 22.9 Å². The van der Waals surface area contributed by atoms with Gasteiger partial charge in [-0.3, -0.25) is 10.1 Å². The molecule has 3 rings (SSSR count). The van der Waals surface area contributed by atoms with Gasteiger partial charge >= 0.3 is 0 Å². The number of nitrogen functional groups attached to an aromatic ring is 1. The third kappa shape index (κ3) is 5.34. The molecular weight excluding hydrogens is 377 g/mol. The highest BCUT2D eigenvalue weighted by atomic mass is 19.1. The molecule has 1 heterocycles. The number of nitro groups is 1. The molecule has 29 heavy (non-hydrogen) atoms. The van der Waals surface area contributed by atoms with Crippen LogP contribution in [0.15, 0.2) is 48.5 Å². The molecule has 2 aromatic carbocycles. The Labute approximate surface area is 166 Å². The summed E-state index contributed by atoms with van der Waals surface area (Å²) >= 11 is 0. The lowest BCUT2D eigenvalue weighted by Gasteiger charge is -2.15. The number of nitrogens with zero attached hydrogens (tertiary/aromatic N) is 4. The lowest BCUT2D eigenvalue weighted by atomic mass is 10.1. The van der Waals surface area contributed by atoms with Crippen molar-refractivity contribution >= 4 is 23.5 Å². The minimum absolute atomic E-state index is 0.0201. The van der Waals surface area contributed by atoms with E-state index >= 15 is 0 Å². The van der Waals surface area contributed by atoms with Gasteiger partial charge in [-0.25, -0.2) is 4.39 Å². The molecule has 10 heteroatoms. The molecule has 0 aliphatic carbocycles. The number of benzene rings is 2. The number of halogens is 1. The van der Waals surface area contributed by atoms with Crippen molar-refractivity contribution in [2.45, 2.75) is 19.4 Å². The molecule has 0 bridgehead atoms. The van der Waals surface area contributed by atoms with Gasteiger partial charge in [0.2, 0.25) is 17.8 Å². The molecule has 0 aliphatic heterocycles. The van der Waals surface area contributed by atoms with Crippen LogP contribution in [0.1, 0.15) is 24.1 Å². The van der Waals surface area contributed by atoms with Crippen molar-refractivity contribution < 1.29 is 9.31 Å². The largest absolute Gasteiger partial charge is 0.368 e. The Morgan fingerprint density at radius 3 is 2.48 bits per heavy atom. The Bertz CT molecular complexity index is 998. The quantitative estimate of drug-likeness (QED) is 0.389. The first-order chi connectivity index (χ1) is 13.9. The minimum atomic E-state index is -0.451. The molecule has 1 atom stereocenters. The van der Waals surface area contributed by atoms with E-state index in [0.29, 0.717) is 18.5 Å². The van der Waals surface area contributed by atoms with E-state index in [9.17, 15) is 14.5 Å². The van der Waals surface area contributed by atoms with Gasteiger partial charge in [0.25, 0.3) is 5.69 Å². The number of non-ortho nitro benzene ring substituents is 1. The van der Waals surface area contributed by atoms with Crippen LogP contribution < -0.4 is 16.4 Å². The fourth-order valence-electron chi connectivity index (χ4n) is 2.71. The first kappa shape index (κ1) is 19.9. The lowest BCUT2D eigenvalue weighted by molar-refractivity contribution is -0.384. The second-order valence-corrected chi connectivity index (χ2v) is 6.32. The Kier molecular flexibility index (Phi) is 6.12. The minimum Gasteiger partial charge on any atom is -0.368 e. The van der Waals surface area contributed by atoms with Crippen LogP contribution in [0, 0.1) is 15.9 Å². The molecule has 0 unspecified atom stereocenters. The molecular formula is C19H20FN7O2. The molecule has 9 nitrogen and oxygen atoms in total. The summed E-state index contributed by atoms with van der Waals surface area (Å²) in [6, 6.07) is 12.5. The van der Waals surface area contributed by atoms with Crippen molar-refractivity contribution in [2.24, 2.45) is 0 Å². The van der Waals surface area contributed by atoms with E-state index in [0.717, 1.165) is 5.56 Å². The molecule has 0 saturated carbocycles. The maximum Gasteiger partial charge on any atom is 0.269 e. The Balaban J connectivity index is 1.63. The predicted molar refractivity (Wildman–Crippen MR) is 108 cm³/mol. The van der Waals surface area contributed by atoms with Gasteiger partial charge in [0, 0.05) is 18.7 Å². The van der Waals surface area contributed by atoms with Crippen molar-refractivity contribution in [1.82, 2.24) is 15.0 Å². The highest BCUT2D eigenvalue weighted by molar-refractivity contribution is 5.43. The number of anilines is 3. The van der Waals surface area contributed by atoms with Crippen LogP contribution in [-0.4, -0.2) is 26.4 Å². The van der Waals surface area contributed by atoms with E-state index in [1.807, 2.05) is 6.92 Å². The summed E-state index contributed by atoms with van der Waals surface area (Å²) in [5.41, 5.74) is 7.19. The van der Waals surface area contributed by atoms with Crippen molar-refractivity contribution in [1.29, 1.82) is 0 Å². The first-order valence-electron chi connectivity index (χ1n) is 8.92. The van der Waals surface area contributed by atoms with Gasteiger partial charge < -0.3 is 16.4 Å². The van der Waals surface area contributed by atoms with Gasteiger partial charge in [-0.2, -0.15) is 15.0 Å². The standard InChI is InChI=1S/C19H20FN7O2/c1-12(13-6-8-15(9-7-13)27(28)29)23-19-25-17(21)24-18(26-19)22-11-10-14-4-2-3-5-16(14)20/h2-9,12H,10-11H2,1H3,(H4,21,22,23,24,25,26)/t12-/m0/s1. The third-order valence-electron chi connectivity index (χ3n) is 4.24. The second kappa shape index (κ2) is 8.91. The van der Waals surface area contributed by atoms with Crippen LogP contribution in [0.5, 0.6) is 0 Å². The highest BCUT2D eigenvalue weighted by Crippen LogP contribution is 2.21. The molecule has 0 fully saturated rings. The number of aromatic nitrogens is 3. The molecule has 0 amide bonds. The summed E-state index contributed by atoms with van der Waals surface area (Å²) in [6.45, 7) is 2.29. The number of rotatable bonds is 8. The normalized spacial score (nSPS) is 11.7. The van der Waals surface area contributed by atoms with E-state index in [1.165, 1.54) is 18.2 Å². The van der Waals surface area contributed by atoms with Gasteiger partial charge in [0.05, 0.1) is 11.0 Å². The predicted octanol–water partition coefficient (Wildman–Crippen LogP) is 3.33. The highest BCUT2D eigenvalue weighted by Gasteiger charge is 2.12. The summed E-state index contributed by atoms with van der Waals surface area (Å²) in [4.78, 5) is 22.7. The van der Waals surface area contributed by atoms with Gasteiger partial charge in [0.1, 0.15) is 5.82 Å².